The Balaban J connectivity index is 2.25. The van der Waals surface area contributed by atoms with Gasteiger partial charge in [0.1, 0.15) is 5.82 Å². The molecule has 1 N–H and O–H groups in total. The highest BCUT2D eigenvalue weighted by atomic mass is 19.1. The molecule has 3 nitrogen and oxygen atoms in total. The standard InChI is InChI=1S/C17H24FNO2/c1-2-19(15-10-6-5-9-14(15)18)13-17(16(20)21)11-7-3-4-8-12-17/h5-6,9-10H,2-4,7-8,11-13H2,1H3,(H,20,21). The van der Waals surface area contributed by atoms with E-state index in [4.69, 9.17) is 0 Å². The minimum Gasteiger partial charge on any atom is -0.481 e. The van der Waals surface area contributed by atoms with E-state index in [0.29, 0.717) is 31.6 Å². The van der Waals surface area contributed by atoms with Gasteiger partial charge in [-0.05, 0) is 31.9 Å². The van der Waals surface area contributed by atoms with Gasteiger partial charge in [-0.25, -0.2) is 4.39 Å². The van der Waals surface area contributed by atoms with Crippen LogP contribution in [0.1, 0.15) is 45.4 Å². The number of halogens is 1. The summed E-state index contributed by atoms with van der Waals surface area (Å²) >= 11 is 0. The zero-order chi connectivity index (χ0) is 15.3. The lowest BCUT2D eigenvalue weighted by Gasteiger charge is -2.35. The highest BCUT2D eigenvalue weighted by molar-refractivity contribution is 5.75. The average molecular weight is 293 g/mol. The second kappa shape index (κ2) is 6.92. The van der Waals surface area contributed by atoms with Crippen molar-refractivity contribution >= 4 is 11.7 Å². The summed E-state index contributed by atoms with van der Waals surface area (Å²) in [5, 5.41) is 9.75. The predicted octanol–water partition coefficient (Wildman–Crippen LogP) is 4.08. The van der Waals surface area contributed by atoms with Gasteiger partial charge in [-0.15, -0.1) is 0 Å². The van der Waals surface area contributed by atoms with Crippen LogP contribution >= 0.6 is 0 Å². The molecule has 0 unspecified atom stereocenters. The predicted molar refractivity (Wildman–Crippen MR) is 82.1 cm³/mol. The highest BCUT2D eigenvalue weighted by Crippen LogP contribution is 2.37. The van der Waals surface area contributed by atoms with Gasteiger partial charge in [-0.1, -0.05) is 37.8 Å². The fraction of sp³-hybridized carbons (Fsp3) is 0.588. The number of hydrogen-bond acceptors (Lipinski definition) is 2. The molecule has 1 saturated carbocycles. The second-order valence-electron chi connectivity index (χ2n) is 5.97. The molecular formula is C17H24FNO2. The third-order valence-electron chi connectivity index (χ3n) is 4.58. The van der Waals surface area contributed by atoms with Crippen molar-refractivity contribution in [3.05, 3.63) is 30.1 Å². The van der Waals surface area contributed by atoms with Crippen LogP contribution in [0.4, 0.5) is 10.1 Å². The maximum absolute atomic E-state index is 14.0. The molecule has 0 saturated heterocycles. The topological polar surface area (TPSA) is 40.5 Å². The molecule has 0 aliphatic heterocycles. The quantitative estimate of drug-likeness (QED) is 0.832. The summed E-state index contributed by atoms with van der Waals surface area (Å²) < 4.78 is 14.0. The van der Waals surface area contributed by atoms with E-state index >= 15 is 0 Å². The van der Waals surface area contributed by atoms with Crippen molar-refractivity contribution in [3.8, 4) is 0 Å². The van der Waals surface area contributed by atoms with Crippen molar-refractivity contribution < 1.29 is 14.3 Å². The maximum atomic E-state index is 14.0. The molecule has 21 heavy (non-hydrogen) atoms. The Kier molecular flexibility index (Phi) is 5.21. The highest BCUT2D eigenvalue weighted by Gasteiger charge is 2.40. The number of carbonyl (C=O) groups is 1. The van der Waals surface area contributed by atoms with Gasteiger partial charge in [-0.2, -0.15) is 0 Å². The molecule has 1 aliphatic carbocycles. The number of anilines is 1. The van der Waals surface area contributed by atoms with Gasteiger partial charge in [0.15, 0.2) is 0 Å². The van der Waals surface area contributed by atoms with Crippen molar-refractivity contribution in [2.45, 2.75) is 45.4 Å². The molecule has 1 aromatic rings. The van der Waals surface area contributed by atoms with Gasteiger partial charge in [0, 0.05) is 13.1 Å². The van der Waals surface area contributed by atoms with Gasteiger partial charge in [0.25, 0.3) is 0 Å². The Morgan fingerprint density at radius 1 is 1.24 bits per heavy atom. The van der Waals surface area contributed by atoms with Gasteiger partial charge < -0.3 is 10.0 Å². The summed E-state index contributed by atoms with van der Waals surface area (Å²) in [4.78, 5) is 13.7. The molecule has 4 heteroatoms. The van der Waals surface area contributed by atoms with E-state index < -0.39 is 11.4 Å². The van der Waals surface area contributed by atoms with Crippen LogP contribution < -0.4 is 4.90 Å². The summed E-state index contributed by atoms with van der Waals surface area (Å²) in [6.45, 7) is 2.94. The van der Waals surface area contributed by atoms with Gasteiger partial charge in [-0.3, -0.25) is 4.79 Å². The van der Waals surface area contributed by atoms with Crippen LogP contribution in [0.5, 0.6) is 0 Å². The van der Waals surface area contributed by atoms with Crippen LogP contribution in [-0.4, -0.2) is 24.2 Å². The molecular weight excluding hydrogens is 269 g/mol. The van der Waals surface area contributed by atoms with Crippen molar-refractivity contribution in [2.75, 3.05) is 18.0 Å². The van der Waals surface area contributed by atoms with Gasteiger partial charge >= 0.3 is 5.97 Å². The molecule has 0 atom stereocenters. The minimum atomic E-state index is -0.741. The third kappa shape index (κ3) is 3.55. The number of carboxylic acids is 1. The van der Waals surface area contributed by atoms with Crippen LogP contribution in [0.15, 0.2) is 24.3 Å². The number of nitrogens with zero attached hydrogens (tertiary/aromatic N) is 1. The normalized spacial score (nSPS) is 18.0. The Labute approximate surface area is 125 Å². The van der Waals surface area contributed by atoms with E-state index in [1.165, 1.54) is 6.07 Å². The zero-order valence-electron chi connectivity index (χ0n) is 12.6. The second-order valence-corrected chi connectivity index (χ2v) is 5.97. The van der Waals surface area contributed by atoms with E-state index in [1.807, 2.05) is 11.8 Å². The lowest BCUT2D eigenvalue weighted by atomic mass is 9.79. The zero-order valence-corrected chi connectivity index (χ0v) is 12.6. The van der Waals surface area contributed by atoms with Gasteiger partial charge in [0.05, 0.1) is 11.1 Å². The molecule has 1 aromatic carbocycles. The summed E-state index contributed by atoms with van der Waals surface area (Å²) in [7, 11) is 0. The van der Waals surface area contributed by atoms with E-state index in [0.717, 1.165) is 25.7 Å². The summed E-state index contributed by atoms with van der Waals surface area (Å²) in [6.07, 6.45) is 5.46. The summed E-state index contributed by atoms with van der Waals surface area (Å²) in [5.74, 6) is -1.02. The number of carboxylic acid groups (broad SMARTS) is 1. The number of benzene rings is 1. The van der Waals surface area contributed by atoms with Crippen LogP contribution in [0, 0.1) is 11.2 Å². The third-order valence-corrected chi connectivity index (χ3v) is 4.58. The molecule has 0 radical (unpaired) electrons. The minimum absolute atomic E-state index is 0.284. The number of rotatable bonds is 5. The van der Waals surface area contributed by atoms with Crippen LogP contribution in [0.3, 0.4) is 0 Å². The smallest absolute Gasteiger partial charge is 0.311 e. The molecule has 0 amide bonds. The first kappa shape index (κ1) is 15.8. The fourth-order valence-electron chi connectivity index (χ4n) is 3.29. The molecule has 0 bridgehead atoms. The van der Waals surface area contributed by atoms with Gasteiger partial charge in [0.2, 0.25) is 0 Å². The summed E-state index contributed by atoms with van der Waals surface area (Å²) in [6, 6.07) is 6.61. The van der Waals surface area contributed by atoms with E-state index in [-0.39, 0.29) is 5.82 Å². The summed E-state index contributed by atoms with van der Waals surface area (Å²) in [5.41, 5.74) is -0.237. The Morgan fingerprint density at radius 2 is 1.86 bits per heavy atom. The van der Waals surface area contributed by atoms with E-state index in [1.54, 1.807) is 18.2 Å². The molecule has 1 fully saturated rings. The van der Waals surface area contributed by atoms with E-state index in [9.17, 15) is 14.3 Å². The lowest BCUT2D eigenvalue weighted by molar-refractivity contribution is -0.149. The maximum Gasteiger partial charge on any atom is 0.311 e. The van der Waals surface area contributed by atoms with Crippen molar-refractivity contribution in [2.24, 2.45) is 5.41 Å². The van der Waals surface area contributed by atoms with Crippen LogP contribution in [0.25, 0.3) is 0 Å². The molecule has 0 heterocycles. The van der Waals surface area contributed by atoms with Crippen LogP contribution in [-0.2, 0) is 4.79 Å². The molecule has 0 aromatic heterocycles. The molecule has 0 spiro atoms. The molecule has 2 rings (SSSR count). The Bertz CT molecular complexity index is 481. The fourth-order valence-corrected chi connectivity index (χ4v) is 3.29. The van der Waals surface area contributed by atoms with Crippen molar-refractivity contribution in [1.29, 1.82) is 0 Å². The average Bonchev–Trinajstić information content (AvgIpc) is 2.72. The molecule has 116 valence electrons. The Hall–Kier alpha value is -1.58. The van der Waals surface area contributed by atoms with Crippen molar-refractivity contribution in [3.63, 3.8) is 0 Å². The lowest BCUT2D eigenvalue weighted by Crippen LogP contribution is -2.43. The first-order valence-electron chi connectivity index (χ1n) is 7.82. The van der Waals surface area contributed by atoms with Crippen molar-refractivity contribution in [1.82, 2.24) is 0 Å². The number of hydrogen-bond donors (Lipinski definition) is 1. The number of para-hydroxylation sites is 1. The van der Waals surface area contributed by atoms with E-state index in [2.05, 4.69) is 0 Å². The van der Waals surface area contributed by atoms with Crippen LogP contribution in [0.2, 0.25) is 0 Å². The monoisotopic (exact) mass is 293 g/mol. The SMILES string of the molecule is CCN(CC1(C(=O)O)CCCCCC1)c1ccccc1F. The largest absolute Gasteiger partial charge is 0.481 e. The first-order chi connectivity index (χ1) is 10.1. The first-order valence-corrected chi connectivity index (χ1v) is 7.82. The Morgan fingerprint density at radius 3 is 2.38 bits per heavy atom. The number of aliphatic carboxylic acids is 1. The molecule has 1 aliphatic rings.